The highest BCUT2D eigenvalue weighted by Gasteiger charge is 2.29. The Hall–Kier alpha value is -6.32. The second-order valence-corrected chi connectivity index (χ2v) is 13.4. The summed E-state index contributed by atoms with van der Waals surface area (Å²) < 4.78 is 28.0. The topological polar surface area (TPSA) is 142 Å². The van der Waals surface area contributed by atoms with Gasteiger partial charge in [0.05, 0.1) is 23.5 Å². The van der Waals surface area contributed by atoms with Crippen molar-refractivity contribution in [3.05, 3.63) is 108 Å². The van der Waals surface area contributed by atoms with Crippen LogP contribution in [0.2, 0.25) is 0 Å². The minimum absolute atomic E-state index is 0.0104. The van der Waals surface area contributed by atoms with Crippen LogP contribution < -0.4 is 19.6 Å². The SMILES string of the molecule is C[C@@H]1c2cnc(-c3ncccn3)nc2CCN1c1cc(N(C)C)cc(F)n1.C[C@H]1c2cnc(-c3ncccn3)nc2CCN1c1cc(N(C)C)cc(F)n1. The van der Waals surface area contributed by atoms with Gasteiger partial charge in [-0.15, -0.1) is 0 Å². The molecule has 0 saturated carbocycles. The molecular weight excluding hydrogens is 691 g/mol. The van der Waals surface area contributed by atoms with Gasteiger partial charge in [0.25, 0.3) is 0 Å². The molecule has 0 bridgehead atoms. The van der Waals surface area contributed by atoms with Crippen LogP contribution in [0.5, 0.6) is 0 Å². The molecule has 0 aromatic carbocycles. The minimum atomic E-state index is -0.484. The van der Waals surface area contributed by atoms with E-state index in [9.17, 15) is 8.78 Å². The Morgan fingerprint density at radius 1 is 0.537 bits per heavy atom. The molecule has 0 saturated heterocycles. The largest absolute Gasteiger partial charge is 0.377 e. The summed E-state index contributed by atoms with van der Waals surface area (Å²) in [5.41, 5.74) is 5.53. The highest BCUT2D eigenvalue weighted by molar-refractivity contribution is 5.58. The highest BCUT2D eigenvalue weighted by atomic mass is 19.1. The third-order valence-corrected chi connectivity index (χ3v) is 9.50. The number of pyridine rings is 2. The lowest BCUT2D eigenvalue weighted by molar-refractivity contribution is 0.562. The Morgan fingerprint density at radius 2 is 0.926 bits per heavy atom. The number of anilines is 4. The van der Waals surface area contributed by atoms with E-state index in [1.165, 1.54) is 12.1 Å². The molecule has 276 valence electrons. The van der Waals surface area contributed by atoms with Crippen molar-refractivity contribution < 1.29 is 8.78 Å². The Kier molecular flexibility index (Phi) is 10.2. The molecular formula is C38H40F2N14. The second kappa shape index (κ2) is 15.3. The molecule has 2 aliphatic heterocycles. The van der Waals surface area contributed by atoms with E-state index in [1.807, 2.05) is 62.5 Å². The third kappa shape index (κ3) is 7.58. The monoisotopic (exact) mass is 730 g/mol. The van der Waals surface area contributed by atoms with Crippen molar-refractivity contribution in [2.45, 2.75) is 38.8 Å². The molecule has 0 unspecified atom stereocenters. The Labute approximate surface area is 312 Å². The number of nitrogens with zero attached hydrogens (tertiary/aromatic N) is 14. The van der Waals surface area contributed by atoms with Crippen molar-refractivity contribution in [1.82, 2.24) is 49.8 Å². The molecule has 54 heavy (non-hydrogen) atoms. The summed E-state index contributed by atoms with van der Waals surface area (Å²) in [6.07, 6.45) is 11.8. The molecule has 2 atom stereocenters. The maximum atomic E-state index is 14.0. The van der Waals surface area contributed by atoms with Crippen molar-refractivity contribution in [3.63, 3.8) is 0 Å². The van der Waals surface area contributed by atoms with Gasteiger partial charge < -0.3 is 19.6 Å². The quantitative estimate of drug-likeness (QED) is 0.204. The molecule has 0 fully saturated rings. The van der Waals surface area contributed by atoms with Crippen LogP contribution in [0.4, 0.5) is 31.8 Å². The number of halogens is 2. The molecule has 8 rings (SSSR count). The fraction of sp³-hybridized carbons (Fsp3) is 0.316. The predicted molar refractivity (Wildman–Crippen MR) is 202 cm³/mol. The van der Waals surface area contributed by atoms with Crippen LogP contribution in [0.1, 0.15) is 48.4 Å². The fourth-order valence-corrected chi connectivity index (χ4v) is 6.55. The van der Waals surface area contributed by atoms with Gasteiger partial charge in [0.2, 0.25) is 11.9 Å². The highest BCUT2D eigenvalue weighted by Crippen LogP contribution is 2.35. The molecule has 0 amide bonds. The van der Waals surface area contributed by atoms with E-state index in [2.05, 4.69) is 73.5 Å². The number of rotatable bonds is 6. The fourth-order valence-electron chi connectivity index (χ4n) is 6.55. The standard InChI is InChI=1S/2C19H20FN7/c2*1-12-14-11-23-19(18-21-6-4-7-22-18)24-15(14)5-8-27(12)17-10-13(26(2)3)9-16(20)25-17/h2*4,6-7,9-12H,5,8H2,1-3H3/t2*12-/m10/s1. The predicted octanol–water partition coefficient (Wildman–Crippen LogP) is 5.31. The van der Waals surface area contributed by atoms with Gasteiger partial charge in [-0.25, -0.2) is 49.8 Å². The summed E-state index contributed by atoms with van der Waals surface area (Å²) in [5, 5.41) is 0. The van der Waals surface area contributed by atoms with Crippen LogP contribution in [-0.2, 0) is 12.8 Å². The molecule has 0 spiro atoms. The Bertz CT molecular complexity index is 2080. The van der Waals surface area contributed by atoms with Gasteiger partial charge in [-0.05, 0) is 26.0 Å². The van der Waals surface area contributed by atoms with Crippen LogP contribution in [-0.4, -0.2) is 91.1 Å². The van der Waals surface area contributed by atoms with Gasteiger partial charge in [0, 0.05) is 138 Å². The van der Waals surface area contributed by atoms with Crippen molar-refractivity contribution in [2.75, 3.05) is 60.9 Å². The van der Waals surface area contributed by atoms with Gasteiger partial charge in [0.15, 0.2) is 23.3 Å². The smallest absolute Gasteiger partial charge is 0.216 e. The Balaban J connectivity index is 0.000000167. The maximum Gasteiger partial charge on any atom is 0.216 e. The summed E-state index contributed by atoms with van der Waals surface area (Å²) in [4.78, 5) is 51.1. The van der Waals surface area contributed by atoms with E-state index in [1.54, 1.807) is 36.9 Å². The first-order valence-electron chi connectivity index (χ1n) is 17.5. The van der Waals surface area contributed by atoms with Crippen LogP contribution in [0.3, 0.4) is 0 Å². The molecule has 6 aromatic rings. The molecule has 6 aromatic heterocycles. The lowest BCUT2D eigenvalue weighted by atomic mass is 9.99. The first-order valence-corrected chi connectivity index (χ1v) is 17.5. The van der Waals surface area contributed by atoms with Crippen LogP contribution >= 0.6 is 0 Å². The van der Waals surface area contributed by atoms with E-state index in [-0.39, 0.29) is 12.1 Å². The molecule has 8 heterocycles. The normalized spacial score (nSPS) is 16.1. The minimum Gasteiger partial charge on any atom is -0.377 e. The zero-order chi connectivity index (χ0) is 37.9. The van der Waals surface area contributed by atoms with Crippen molar-refractivity contribution in [2.24, 2.45) is 0 Å². The van der Waals surface area contributed by atoms with E-state index in [0.717, 1.165) is 46.7 Å². The van der Waals surface area contributed by atoms with Gasteiger partial charge in [-0.3, -0.25) is 0 Å². The first-order chi connectivity index (χ1) is 26.0. The summed E-state index contributed by atoms with van der Waals surface area (Å²) >= 11 is 0. The molecule has 0 radical (unpaired) electrons. The van der Waals surface area contributed by atoms with E-state index >= 15 is 0 Å². The van der Waals surface area contributed by atoms with E-state index < -0.39 is 11.9 Å². The average molecular weight is 731 g/mol. The zero-order valence-electron chi connectivity index (χ0n) is 30.9. The van der Waals surface area contributed by atoms with Gasteiger partial charge in [0.1, 0.15) is 11.6 Å². The number of hydrogen-bond acceptors (Lipinski definition) is 14. The molecule has 2 aliphatic rings. The third-order valence-electron chi connectivity index (χ3n) is 9.50. The summed E-state index contributed by atoms with van der Waals surface area (Å²) in [6.45, 7) is 5.51. The number of aromatic nitrogens is 10. The van der Waals surface area contributed by atoms with E-state index in [0.29, 0.717) is 48.0 Å². The summed E-state index contributed by atoms with van der Waals surface area (Å²) in [7, 11) is 7.53. The first kappa shape index (κ1) is 36.1. The molecule has 16 heteroatoms. The van der Waals surface area contributed by atoms with E-state index in [4.69, 9.17) is 0 Å². The number of fused-ring (bicyclic) bond motifs is 2. The average Bonchev–Trinajstić information content (AvgIpc) is 3.18. The maximum absolute atomic E-state index is 14.0. The van der Waals surface area contributed by atoms with Crippen molar-refractivity contribution >= 4 is 23.0 Å². The Morgan fingerprint density at radius 3 is 1.30 bits per heavy atom. The van der Waals surface area contributed by atoms with Crippen molar-refractivity contribution in [3.8, 4) is 23.3 Å². The van der Waals surface area contributed by atoms with Gasteiger partial charge >= 0.3 is 0 Å². The van der Waals surface area contributed by atoms with Crippen LogP contribution in [0.15, 0.2) is 73.6 Å². The summed E-state index contributed by atoms with van der Waals surface area (Å²) in [6, 6.07) is 10.2. The molecule has 0 N–H and O–H groups in total. The lowest BCUT2D eigenvalue weighted by Crippen LogP contribution is -2.35. The molecule has 0 aliphatic carbocycles. The zero-order valence-corrected chi connectivity index (χ0v) is 30.9. The van der Waals surface area contributed by atoms with Gasteiger partial charge in [-0.2, -0.15) is 8.78 Å². The second-order valence-electron chi connectivity index (χ2n) is 13.4. The lowest BCUT2D eigenvalue weighted by Gasteiger charge is -2.35. The van der Waals surface area contributed by atoms with Crippen LogP contribution in [0.25, 0.3) is 23.3 Å². The van der Waals surface area contributed by atoms with Crippen LogP contribution in [0, 0.1) is 11.9 Å². The van der Waals surface area contributed by atoms with Gasteiger partial charge in [-0.1, -0.05) is 0 Å². The summed E-state index contributed by atoms with van der Waals surface area (Å²) in [5.74, 6) is 2.34. The molecule has 14 nitrogen and oxygen atoms in total. The van der Waals surface area contributed by atoms with Crippen molar-refractivity contribution in [1.29, 1.82) is 0 Å². The number of hydrogen-bond donors (Lipinski definition) is 0.